The van der Waals surface area contributed by atoms with Crippen LogP contribution in [-0.2, 0) is 19.3 Å². The van der Waals surface area contributed by atoms with E-state index in [1.807, 2.05) is 0 Å². The molecule has 0 heteroatoms. The third kappa shape index (κ3) is 5.26. The molecule has 0 aromatic heterocycles. The highest BCUT2D eigenvalue weighted by atomic mass is 14.3. The van der Waals surface area contributed by atoms with Crippen LogP contribution in [0.3, 0.4) is 0 Å². The summed E-state index contributed by atoms with van der Waals surface area (Å²) in [5, 5.41) is 0. The summed E-state index contributed by atoms with van der Waals surface area (Å²) in [7, 11) is 0. The zero-order chi connectivity index (χ0) is 20.8. The van der Waals surface area contributed by atoms with E-state index < -0.39 is 0 Å². The van der Waals surface area contributed by atoms with Crippen LogP contribution in [0.1, 0.15) is 81.4 Å². The molecule has 0 aliphatic heterocycles. The lowest BCUT2D eigenvalue weighted by molar-refractivity contribution is 0.185. The van der Waals surface area contributed by atoms with Gasteiger partial charge in [-0.2, -0.15) is 0 Å². The van der Waals surface area contributed by atoms with Crippen molar-refractivity contribution in [2.75, 3.05) is 0 Å². The van der Waals surface area contributed by atoms with Crippen LogP contribution in [-0.4, -0.2) is 0 Å². The smallest absolute Gasteiger partial charge is 0.0181 e. The van der Waals surface area contributed by atoms with Crippen molar-refractivity contribution < 1.29 is 0 Å². The largest absolute Gasteiger partial charge is 0.103 e. The Morgan fingerprint density at radius 2 is 1.63 bits per heavy atom. The van der Waals surface area contributed by atoms with Crippen molar-refractivity contribution in [3.05, 3.63) is 71.8 Å². The summed E-state index contributed by atoms with van der Waals surface area (Å²) >= 11 is 0. The van der Waals surface area contributed by atoms with Gasteiger partial charge < -0.3 is 0 Å². The Kier molecular flexibility index (Phi) is 7.47. The second kappa shape index (κ2) is 10.5. The van der Waals surface area contributed by atoms with Gasteiger partial charge in [0.1, 0.15) is 0 Å². The van der Waals surface area contributed by atoms with E-state index in [1.54, 1.807) is 11.1 Å². The van der Waals surface area contributed by atoms with Crippen LogP contribution < -0.4 is 0 Å². The van der Waals surface area contributed by atoms with Gasteiger partial charge in [0.25, 0.3) is 0 Å². The van der Waals surface area contributed by atoms with Crippen LogP contribution in [0.5, 0.6) is 0 Å². The third-order valence-electron chi connectivity index (χ3n) is 7.92. The van der Waals surface area contributed by atoms with Crippen LogP contribution in [0.4, 0.5) is 0 Å². The number of allylic oxidation sites excluding steroid dienone is 1. The highest BCUT2D eigenvalue weighted by molar-refractivity contribution is 5.65. The fourth-order valence-electron chi connectivity index (χ4n) is 5.91. The van der Waals surface area contributed by atoms with E-state index in [4.69, 9.17) is 0 Å². The first-order valence-electron chi connectivity index (χ1n) is 12.6. The summed E-state index contributed by atoms with van der Waals surface area (Å²) < 4.78 is 0. The Morgan fingerprint density at radius 3 is 2.37 bits per heavy atom. The monoisotopic (exact) mass is 400 g/mol. The van der Waals surface area contributed by atoms with E-state index in [-0.39, 0.29) is 0 Å². The molecule has 4 rings (SSSR count). The molecule has 1 fully saturated rings. The van der Waals surface area contributed by atoms with Gasteiger partial charge in [-0.3, -0.25) is 0 Å². The third-order valence-corrected chi connectivity index (χ3v) is 7.92. The predicted octanol–water partition coefficient (Wildman–Crippen LogP) is 8.57. The van der Waals surface area contributed by atoms with Crippen molar-refractivity contribution in [1.82, 2.24) is 0 Å². The summed E-state index contributed by atoms with van der Waals surface area (Å²) in [6, 6.07) is 16.6. The van der Waals surface area contributed by atoms with Gasteiger partial charge >= 0.3 is 0 Å². The van der Waals surface area contributed by atoms with Crippen molar-refractivity contribution in [3.63, 3.8) is 0 Å². The molecule has 2 aromatic carbocycles. The lowest BCUT2D eigenvalue weighted by Crippen LogP contribution is -2.26. The Hall–Kier alpha value is -1.82. The van der Waals surface area contributed by atoms with Crippen LogP contribution >= 0.6 is 0 Å². The first-order chi connectivity index (χ1) is 14.8. The molecule has 2 aromatic rings. The van der Waals surface area contributed by atoms with Crippen LogP contribution in [0.15, 0.2) is 55.1 Å². The number of fused-ring (bicyclic) bond motifs is 1. The molecule has 2 aliphatic carbocycles. The lowest BCUT2D eigenvalue weighted by Gasteiger charge is -2.36. The van der Waals surface area contributed by atoms with Crippen molar-refractivity contribution in [2.45, 2.75) is 84.0 Å². The number of aryl methyl sites for hydroxylation is 2. The Balaban J connectivity index is 1.36. The zero-order valence-electron chi connectivity index (χ0n) is 19.0. The summed E-state index contributed by atoms with van der Waals surface area (Å²) in [5.41, 5.74) is 7.48. The summed E-state index contributed by atoms with van der Waals surface area (Å²) in [6.07, 6.45) is 18.2. The molecule has 2 aliphatic rings. The highest BCUT2D eigenvalue weighted by Gasteiger charge is 2.30. The van der Waals surface area contributed by atoms with E-state index >= 15 is 0 Å². The molecule has 0 N–H and O–H groups in total. The van der Waals surface area contributed by atoms with Gasteiger partial charge in [-0.25, -0.2) is 0 Å². The number of hydrogen-bond donors (Lipinski definition) is 0. The minimum atomic E-state index is 0.918. The molecule has 0 spiro atoms. The van der Waals surface area contributed by atoms with Crippen LogP contribution in [0.2, 0.25) is 0 Å². The van der Waals surface area contributed by atoms with Crippen LogP contribution in [0.25, 0.3) is 11.1 Å². The molecule has 0 saturated heterocycles. The maximum Gasteiger partial charge on any atom is -0.0181 e. The minimum Gasteiger partial charge on any atom is -0.103 e. The predicted molar refractivity (Wildman–Crippen MR) is 131 cm³/mol. The fraction of sp³-hybridized carbons (Fsp3) is 0.533. The van der Waals surface area contributed by atoms with E-state index in [1.165, 1.54) is 93.7 Å². The van der Waals surface area contributed by atoms with Crippen molar-refractivity contribution in [1.29, 1.82) is 0 Å². The standard InChI is InChI=1S/C30H40/c1-3-5-7-23-9-13-25(14-10-23)27-17-19-30-22-28(18-20-29(30)21-27)26-15-11-24(12-16-26)8-6-4-2/h3,11-12,15-16,18,20,22-23,25,27H,1,4-10,13-14,17,19,21H2,2H3. The molecule has 1 unspecified atom stereocenters. The van der Waals surface area contributed by atoms with Crippen molar-refractivity contribution in [3.8, 4) is 11.1 Å². The molecular formula is C30H40. The molecule has 0 bridgehead atoms. The number of hydrogen-bond acceptors (Lipinski definition) is 0. The highest BCUT2D eigenvalue weighted by Crippen LogP contribution is 2.41. The Labute approximate surface area is 184 Å². The molecule has 0 amide bonds. The first-order valence-corrected chi connectivity index (χ1v) is 12.6. The minimum absolute atomic E-state index is 0.918. The molecule has 0 heterocycles. The van der Waals surface area contributed by atoms with Crippen molar-refractivity contribution >= 4 is 0 Å². The maximum atomic E-state index is 3.89. The number of benzene rings is 2. The maximum absolute atomic E-state index is 3.89. The zero-order valence-corrected chi connectivity index (χ0v) is 19.0. The van der Waals surface area contributed by atoms with Gasteiger partial charge in [0.05, 0.1) is 0 Å². The fourth-order valence-corrected chi connectivity index (χ4v) is 5.91. The molecule has 30 heavy (non-hydrogen) atoms. The normalized spacial score (nSPS) is 23.7. The SMILES string of the molecule is C=CCCC1CCC(C2CCc3cc(-c4ccc(CCCC)cc4)ccc3C2)CC1. The van der Waals surface area contributed by atoms with Gasteiger partial charge in [-0.1, -0.05) is 74.7 Å². The summed E-state index contributed by atoms with van der Waals surface area (Å²) in [5.74, 6) is 2.85. The summed E-state index contributed by atoms with van der Waals surface area (Å²) in [4.78, 5) is 0. The molecule has 0 radical (unpaired) electrons. The average molecular weight is 401 g/mol. The van der Waals surface area contributed by atoms with Gasteiger partial charge in [-0.05, 0) is 103 Å². The number of rotatable bonds is 8. The van der Waals surface area contributed by atoms with Crippen LogP contribution in [0, 0.1) is 17.8 Å². The van der Waals surface area contributed by atoms with E-state index in [9.17, 15) is 0 Å². The second-order valence-corrected chi connectivity index (χ2v) is 9.93. The second-order valence-electron chi connectivity index (χ2n) is 9.93. The topological polar surface area (TPSA) is 0 Å². The Bertz CT molecular complexity index is 804. The lowest BCUT2D eigenvalue weighted by atomic mass is 9.69. The molecule has 1 saturated carbocycles. The first kappa shape index (κ1) is 21.4. The van der Waals surface area contributed by atoms with E-state index in [0.717, 1.165) is 17.8 Å². The van der Waals surface area contributed by atoms with E-state index in [2.05, 4.69) is 62.0 Å². The molecular weight excluding hydrogens is 360 g/mol. The Morgan fingerprint density at radius 1 is 0.867 bits per heavy atom. The molecule has 1 atom stereocenters. The van der Waals surface area contributed by atoms with Gasteiger partial charge in [0.15, 0.2) is 0 Å². The van der Waals surface area contributed by atoms with Crippen molar-refractivity contribution in [2.24, 2.45) is 17.8 Å². The quantitative estimate of drug-likeness (QED) is 0.389. The number of unbranched alkanes of at least 4 members (excludes halogenated alkanes) is 1. The van der Waals surface area contributed by atoms with Gasteiger partial charge in [0, 0.05) is 0 Å². The van der Waals surface area contributed by atoms with Gasteiger partial charge in [0.2, 0.25) is 0 Å². The average Bonchev–Trinajstić information content (AvgIpc) is 2.81. The molecule has 0 nitrogen and oxygen atoms in total. The molecule has 160 valence electrons. The summed E-state index contributed by atoms with van der Waals surface area (Å²) in [6.45, 7) is 6.16. The van der Waals surface area contributed by atoms with Gasteiger partial charge in [-0.15, -0.1) is 6.58 Å². The van der Waals surface area contributed by atoms with E-state index in [0.29, 0.717) is 0 Å².